The lowest BCUT2D eigenvalue weighted by molar-refractivity contribution is 0.0724. The molecule has 1 amide bonds. The molecular weight excluding hydrogens is 262 g/mol. The first-order valence-electron chi connectivity index (χ1n) is 8.11. The van der Waals surface area contributed by atoms with Gasteiger partial charge in [-0.05, 0) is 50.3 Å². The van der Waals surface area contributed by atoms with E-state index in [1.807, 2.05) is 17.0 Å². The van der Waals surface area contributed by atoms with Crippen LogP contribution in [0.5, 0.6) is 0 Å². The van der Waals surface area contributed by atoms with E-state index in [0.29, 0.717) is 0 Å². The Kier molecular flexibility index (Phi) is 3.17. The molecule has 0 atom stereocenters. The van der Waals surface area contributed by atoms with Crippen LogP contribution < -0.4 is 0 Å². The first kappa shape index (κ1) is 12.9. The van der Waals surface area contributed by atoms with Crippen LogP contribution in [0.3, 0.4) is 0 Å². The van der Waals surface area contributed by atoms with E-state index in [1.54, 1.807) is 0 Å². The lowest BCUT2D eigenvalue weighted by atomic mass is 10.1. The number of amides is 1. The topological polar surface area (TPSA) is 38.1 Å². The van der Waals surface area contributed by atoms with Crippen LogP contribution in [0.25, 0.3) is 11.0 Å². The smallest absolute Gasteiger partial charge is 0.253 e. The number of likely N-dealkylation sites (tertiary alicyclic amines) is 1. The molecule has 4 heteroatoms. The molecule has 0 saturated carbocycles. The fourth-order valence-corrected chi connectivity index (χ4v) is 3.59. The maximum Gasteiger partial charge on any atom is 0.253 e. The van der Waals surface area contributed by atoms with Crippen molar-refractivity contribution in [3.8, 4) is 0 Å². The molecule has 1 aromatic carbocycles. The standard InChI is InChI=1S/C17H21N3O/c21-17(19-9-3-1-4-10-19)13-7-8-15-14(12-13)18-16-6-2-5-11-20(15)16/h7-8,12H,1-6,9-11H2. The number of carbonyl (C=O) groups excluding carboxylic acids is 1. The third kappa shape index (κ3) is 2.23. The average molecular weight is 283 g/mol. The molecule has 0 bridgehead atoms. The number of rotatable bonds is 1. The van der Waals surface area contributed by atoms with Crippen molar-refractivity contribution in [3.63, 3.8) is 0 Å². The van der Waals surface area contributed by atoms with E-state index < -0.39 is 0 Å². The van der Waals surface area contributed by atoms with E-state index in [0.717, 1.165) is 50.0 Å². The van der Waals surface area contributed by atoms with Crippen molar-refractivity contribution in [2.24, 2.45) is 0 Å². The average Bonchev–Trinajstić information content (AvgIpc) is 2.92. The summed E-state index contributed by atoms with van der Waals surface area (Å²) in [5.74, 6) is 1.35. The van der Waals surface area contributed by atoms with Crippen molar-refractivity contribution in [2.75, 3.05) is 13.1 Å². The molecule has 0 spiro atoms. The summed E-state index contributed by atoms with van der Waals surface area (Å²) in [6, 6.07) is 6.04. The number of imidazole rings is 1. The number of benzene rings is 1. The summed E-state index contributed by atoms with van der Waals surface area (Å²) in [6.45, 7) is 2.86. The van der Waals surface area contributed by atoms with Crippen molar-refractivity contribution in [1.82, 2.24) is 14.5 Å². The number of hydrogen-bond acceptors (Lipinski definition) is 2. The zero-order chi connectivity index (χ0) is 14.2. The van der Waals surface area contributed by atoms with Crippen LogP contribution in [0.15, 0.2) is 18.2 Å². The Bertz CT molecular complexity index is 683. The van der Waals surface area contributed by atoms with E-state index in [-0.39, 0.29) is 5.91 Å². The summed E-state index contributed by atoms with van der Waals surface area (Å²) in [4.78, 5) is 19.3. The van der Waals surface area contributed by atoms with Crippen molar-refractivity contribution in [1.29, 1.82) is 0 Å². The maximum atomic E-state index is 12.6. The molecule has 4 rings (SSSR count). The second-order valence-electron chi connectivity index (χ2n) is 6.19. The highest BCUT2D eigenvalue weighted by Gasteiger charge is 2.20. The van der Waals surface area contributed by atoms with Gasteiger partial charge in [0, 0.05) is 31.6 Å². The zero-order valence-electron chi connectivity index (χ0n) is 12.3. The first-order valence-corrected chi connectivity index (χ1v) is 8.11. The van der Waals surface area contributed by atoms with Gasteiger partial charge < -0.3 is 9.47 Å². The highest BCUT2D eigenvalue weighted by atomic mass is 16.2. The van der Waals surface area contributed by atoms with Gasteiger partial charge >= 0.3 is 0 Å². The lowest BCUT2D eigenvalue weighted by Crippen LogP contribution is -2.35. The van der Waals surface area contributed by atoms with Gasteiger partial charge in [-0.15, -0.1) is 0 Å². The third-order valence-corrected chi connectivity index (χ3v) is 4.75. The molecule has 1 fully saturated rings. The number of carbonyl (C=O) groups is 1. The Hall–Kier alpha value is -1.84. The number of piperidine rings is 1. The largest absolute Gasteiger partial charge is 0.339 e. The highest BCUT2D eigenvalue weighted by molar-refractivity contribution is 5.97. The minimum Gasteiger partial charge on any atom is -0.339 e. The maximum absolute atomic E-state index is 12.6. The number of aromatic nitrogens is 2. The monoisotopic (exact) mass is 283 g/mol. The van der Waals surface area contributed by atoms with Crippen molar-refractivity contribution in [2.45, 2.75) is 45.1 Å². The van der Waals surface area contributed by atoms with Crippen LogP contribution in [0.1, 0.15) is 48.3 Å². The van der Waals surface area contributed by atoms with E-state index in [9.17, 15) is 4.79 Å². The van der Waals surface area contributed by atoms with Gasteiger partial charge in [0.25, 0.3) is 5.91 Å². The lowest BCUT2D eigenvalue weighted by Gasteiger charge is -2.26. The van der Waals surface area contributed by atoms with E-state index in [1.165, 1.54) is 30.6 Å². The summed E-state index contributed by atoms with van der Waals surface area (Å²) in [5, 5.41) is 0. The second kappa shape index (κ2) is 5.17. The molecule has 1 aromatic heterocycles. The van der Waals surface area contributed by atoms with E-state index in [2.05, 4.69) is 10.6 Å². The van der Waals surface area contributed by atoms with Gasteiger partial charge in [0.2, 0.25) is 0 Å². The second-order valence-corrected chi connectivity index (χ2v) is 6.19. The Morgan fingerprint density at radius 1 is 1.00 bits per heavy atom. The summed E-state index contributed by atoms with van der Waals surface area (Å²) in [5.41, 5.74) is 2.95. The Morgan fingerprint density at radius 3 is 2.67 bits per heavy atom. The fraction of sp³-hybridized carbons (Fsp3) is 0.529. The van der Waals surface area contributed by atoms with Gasteiger partial charge in [0.15, 0.2) is 0 Å². The van der Waals surface area contributed by atoms with Gasteiger partial charge in [-0.3, -0.25) is 4.79 Å². The first-order chi connectivity index (χ1) is 10.3. The molecular formula is C17H21N3O. The molecule has 0 N–H and O–H groups in total. The molecule has 1 saturated heterocycles. The van der Waals surface area contributed by atoms with Gasteiger partial charge in [-0.2, -0.15) is 0 Å². The van der Waals surface area contributed by atoms with Crippen LogP contribution in [-0.2, 0) is 13.0 Å². The Labute approximate surface area is 124 Å². The molecule has 21 heavy (non-hydrogen) atoms. The number of hydrogen-bond donors (Lipinski definition) is 0. The molecule has 4 nitrogen and oxygen atoms in total. The predicted octanol–water partition coefficient (Wildman–Crippen LogP) is 3.00. The quantitative estimate of drug-likeness (QED) is 0.807. The number of nitrogens with zero attached hydrogens (tertiary/aromatic N) is 3. The van der Waals surface area contributed by atoms with Crippen LogP contribution in [0.4, 0.5) is 0 Å². The molecule has 0 radical (unpaired) electrons. The highest BCUT2D eigenvalue weighted by Crippen LogP contribution is 2.24. The minimum absolute atomic E-state index is 0.169. The molecule has 3 heterocycles. The molecule has 2 aromatic rings. The Morgan fingerprint density at radius 2 is 1.81 bits per heavy atom. The summed E-state index contributed by atoms with van der Waals surface area (Å²) >= 11 is 0. The minimum atomic E-state index is 0.169. The number of aryl methyl sites for hydroxylation is 2. The fourth-order valence-electron chi connectivity index (χ4n) is 3.59. The van der Waals surface area contributed by atoms with Crippen molar-refractivity contribution >= 4 is 16.9 Å². The zero-order valence-corrected chi connectivity index (χ0v) is 12.3. The van der Waals surface area contributed by atoms with Crippen molar-refractivity contribution in [3.05, 3.63) is 29.6 Å². The molecule has 2 aliphatic heterocycles. The predicted molar refractivity (Wildman–Crippen MR) is 82.4 cm³/mol. The van der Waals surface area contributed by atoms with Gasteiger partial charge in [0.1, 0.15) is 5.82 Å². The van der Waals surface area contributed by atoms with Crippen LogP contribution in [-0.4, -0.2) is 33.4 Å². The van der Waals surface area contributed by atoms with Gasteiger partial charge in [-0.1, -0.05) is 0 Å². The van der Waals surface area contributed by atoms with Gasteiger partial charge in [-0.25, -0.2) is 4.98 Å². The third-order valence-electron chi connectivity index (χ3n) is 4.75. The van der Waals surface area contributed by atoms with E-state index >= 15 is 0 Å². The molecule has 2 aliphatic rings. The summed E-state index contributed by atoms with van der Waals surface area (Å²) < 4.78 is 2.31. The molecule has 0 aliphatic carbocycles. The Balaban J connectivity index is 1.68. The SMILES string of the molecule is O=C(c1ccc2c(c1)nc1n2CCCC1)N1CCCCC1. The summed E-state index contributed by atoms with van der Waals surface area (Å²) in [6.07, 6.45) is 7.02. The summed E-state index contributed by atoms with van der Waals surface area (Å²) in [7, 11) is 0. The van der Waals surface area contributed by atoms with Crippen LogP contribution in [0, 0.1) is 0 Å². The number of fused-ring (bicyclic) bond motifs is 3. The van der Waals surface area contributed by atoms with Crippen LogP contribution in [0.2, 0.25) is 0 Å². The normalized spacial score (nSPS) is 18.8. The molecule has 110 valence electrons. The molecule has 0 unspecified atom stereocenters. The van der Waals surface area contributed by atoms with Crippen molar-refractivity contribution < 1.29 is 4.79 Å². The van der Waals surface area contributed by atoms with E-state index in [4.69, 9.17) is 4.98 Å². The van der Waals surface area contributed by atoms with Gasteiger partial charge in [0.05, 0.1) is 11.0 Å². The van der Waals surface area contributed by atoms with Crippen LogP contribution >= 0.6 is 0 Å².